The maximum Gasteiger partial charge on any atom is 0.416 e. The minimum Gasteiger partial charge on any atom is -0.333 e. The number of alkyl halides is 6. The molecule has 2 heterocycles. The van der Waals surface area contributed by atoms with Crippen LogP contribution >= 0.6 is 11.3 Å². The number of nitrogens with one attached hydrogen (secondary N) is 1. The zero-order valence-corrected chi connectivity index (χ0v) is 17.4. The molecule has 2 aromatic carbocycles. The van der Waals surface area contributed by atoms with Gasteiger partial charge in [0.15, 0.2) is 0 Å². The second-order valence-electron chi connectivity index (χ2n) is 7.61. The smallest absolute Gasteiger partial charge is 0.333 e. The molecule has 1 atom stereocenters. The molecule has 0 aliphatic carbocycles. The molecular formula is C22H18F6N2OS. The van der Waals surface area contributed by atoms with Crippen LogP contribution in [0.15, 0.2) is 47.8 Å². The van der Waals surface area contributed by atoms with Crippen molar-refractivity contribution < 1.29 is 31.1 Å². The van der Waals surface area contributed by atoms with Gasteiger partial charge >= 0.3 is 12.4 Å². The van der Waals surface area contributed by atoms with Gasteiger partial charge in [-0.05, 0) is 47.0 Å². The fourth-order valence-electron chi connectivity index (χ4n) is 3.90. The van der Waals surface area contributed by atoms with Crippen LogP contribution < -0.4 is 5.32 Å². The molecule has 0 radical (unpaired) electrons. The van der Waals surface area contributed by atoms with Gasteiger partial charge < -0.3 is 10.2 Å². The third-order valence-electron chi connectivity index (χ3n) is 5.46. The van der Waals surface area contributed by atoms with Crippen LogP contribution in [-0.4, -0.2) is 36.5 Å². The van der Waals surface area contributed by atoms with E-state index in [9.17, 15) is 31.1 Å². The molecule has 1 aromatic heterocycles. The standard InChI is InChI=1S/C22H18F6N2OS/c23-21(24,25)15-7-13(8-16(10-15)22(26,27)28)20(31)30-6-5-29-11-17(30)9-14-12-32-19-4-2-1-3-18(14)19/h1-4,7-8,10,12,17,29H,5-6,9,11H2/t17-/m1/s1. The summed E-state index contributed by atoms with van der Waals surface area (Å²) in [5, 5.41) is 6.14. The quantitative estimate of drug-likeness (QED) is 0.504. The number of amides is 1. The van der Waals surface area contributed by atoms with Crippen molar-refractivity contribution in [3.05, 3.63) is 70.1 Å². The number of nitrogens with zero attached hydrogens (tertiary/aromatic N) is 1. The van der Waals surface area contributed by atoms with Crippen molar-refractivity contribution in [3.63, 3.8) is 0 Å². The van der Waals surface area contributed by atoms with Gasteiger partial charge in [0, 0.05) is 35.9 Å². The number of carbonyl (C=O) groups excluding carboxylic acids is 1. The Morgan fingerprint density at radius 3 is 2.34 bits per heavy atom. The zero-order chi connectivity index (χ0) is 23.1. The number of rotatable bonds is 3. The van der Waals surface area contributed by atoms with Gasteiger partial charge in [-0.2, -0.15) is 26.3 Å². The average molecular weight is 472 g/mol. The molecule has 0 spiro atoms. The highest BCUT2D eigenvalue weighted by molar-refractivity contribution is 7.17. The molecule has 0 bridgehead atoms. The van der Waals surface area contributed by atoms with Gasteiger partial charge in [-0.25, -0.2) is 0 Å². The highest BCUT2D eigenvalue weighted by atomic mass is 32.1. The van der Waals surface area contributed by atoms with Crippen LogP contribution in [0.25, 0.3) is 10.1 Å². The van der Waals surface area contributed by atoms with Crippen LogP contribution in [0.1, 0.15) is 27.0 Å². The number of fused-ring (bicyclic) bond motifs is 1. The maximum atomic E-state index is 13.2. The second-order valence-corrected chi connectivity index (χ2v) is 8.52. The maximum absolute atomic E-state index is 13.2. The molecule has 32 heavy (non-hydrogen) atoms. The van der Waals surface area contributed by atoms with E-state index in [4.69, 9.17) is 0 Å². The summed E-state index contributed by atoms with van der Waals surface area (Å²) in [5.41, 5.74) is -2.62. The first-order chi connectivity index (χ1) is 15.0. The van der Waals surface area contributed by atoms with Crippen molar-refractivity contribution in [2.75, 3.05) is 19.6 Å². The molecule has 0 saturated carbocycles. The highest BCUT2D eigenvalue weighted by Crippen LogP contribution is 2.37. The Morgan fingerprint density at radius 1 is 1.03 bits per heavy atom. The van der Waals surface area contributed by atoms with Crippen LogP contribution in [0.4, 0.5) is 26.3 Å². The predicted molar refractivity (Wildman–Crippen MR) is 110 cm³/mol. The Morgan fingerprint density at radius 2 is 1.69 bits per heavy atom. The summed E-state index contributed by atoms with van der Waals surface area (Å²) in [6.07, 6.45) is -9.57. The van der Waals surface area contributed by atoms with Crippen LogP contribution in [-0.2, 0) is 18.8 Å². The molecular weight excluding hydrogens is 454 g/mol. The Kier molecular flexibility index (Phi) is 5.93. The molecule has 10 heteroatoms. The number of hydrogen-bond donors (Lipinski definition) is 1. The van der Waals surface area contributed by atoms with Gasteiger partial charge in [0.1, 0.15) is 0 Å². The minimum absolute atomic E-state index is 0.0313. The van der Waals surface area contributed by atoms with E-state index in [1.165, 1.54) is 4.90 Å². The third-order valence-corrected chi connectivity index (χ3v) is 6.47. The number of hydrogen-bond acceptors (Lipinski definition) is 3. The summed E-state index contributed by atoms with van der Waals surface area (Å²) in [6.45, 7) is 0.974. The molecule has 170 valence electrons. The van der Waals surface area contributed by atoms with Crippen molar-refractivity contribution in [2.45, 2.75) is 24.8 Å². The monoisotopic (exact) mass is 472 g/mol. The largest absolute Gasteiger partial charge is 0.416 e. The topological polar surface area (TPSA) is 32.3 Å². The van der Waals surface area contributed by atoms with E-state index in [1.54, 1.807) is 11.3 Å². The lowest BCUT2D eigenvalue weighted by atomic mass is 9.99. The number of benzene rings is 2. The van der Waals surface area contributed by atoms with Gasteiger partial charge in [0.2, 0.25) is 0 Å². The van der Waals surface area contributed by atoms with Crippen LogP contribution in [0.2, 0.25) is 0 Å². The SMILES string of the molecule is O=C(c1cc(C(F)(F)F)cc(C(F)(F)F)c1)N1CCNC[C@H]1Cc1csc2ccccc12. The van der Waals surface area contributed by atoms with E-state index in [-0.39, 0.29) is 12.6 Å². The van der Waals surface area contributed by atoms with Crippen LogP contribution in [0, 0.1) is 0 Å². The molecule has 1 aliphatic rings. The van der Waals surface area contributed by atoms with Crippen molar-refractivity contribution in [2.24, 2.45) is 0 Å². The number of thiophene rings is 1. The van der Waals surface area contributed by atoms with Gasteiger partial charge in [-0.3, -0.25) is 4.79 Å². The third kappa shape index (κ3) is 4.61. The first-order valence-corrected chi connectivity index (χ1v) is 10.7. The Bertz CT molecular complexity index is 1110. The normalized spacial score (nSPS) is 17.7. The first-order valence-electron chi connectivity index (χ1n) is 9.80. The predicted octanol–water partition coefficient (Wildman–Crippen LogP) is 5.60. The van der Waals surface area contributed by atoms with E-state index in [0.717, 1.165) is 15.6 Å². The molecule has 1 amide bonds. The number of piperazine rings is 1. The van der Waals surface area contributed by atoms with Crippen molar-refractivity contribution in [1.82, 2.24) is 10.2 Å². The molecule has 1 fully saturated rings. The Hall–Kier alpha value is -2.59. The molecule has 0 unspecified atom stereocenters. The van der Waals surface area contributed by atoms with Gasteiger partial charge in [-0.1, -0.05) is 18.2 Å². The molecule has 3 nitrogen and oxygen atoms in total. The minimum atomic E-state index is -5.01. The molecule has 1 aliphatic heterocycles. The lowest BCUT2D eigenvalue weighted by Gasteiger charge is -2.36. The fourth-order valence-corrected chi connectivity index (χ4v) is 4.88. The van der Waals surface area contributed by atoms with E-state index >= 15 is 0 Å². The molecule has 1 N–H and O–H groups in total. The fraction of sp³-hybridized carbons (Fsp3) is 0.318. The van der Waals surface area contributed by atoms with E-state index in [1.807, 2.05) is 29.6 Å². The number of carbonyl (C=O) groups is 1. The lowest BCUT2D eigenvalue weighted by molar-refractivity contribution is -0.143. The van der Waals surface area contributed by atoms with E-state index < -0.39 is 41.0 Å². The van der Waals surface area contributed by atoms with Crippen LogP contribution in [0.5, 0.6) is 0 Å². The van der Waals surface area contributed by atoms with Crippen molar-refractivity contribution in [3.8, 4) is 0 Å². The Labute approximate surface area is 183 Å². The van der Waals surface area contributed by atoms with Gasteiger partial charge in [-0.15, -0.1) is 11.3 Å². The van der Waals surface area contributed by atoms with E-state index in [0.29, 0.717) is 31.6 Å². The van der Waals surface area contributed by atoms with E-state index in [2.05, 4.69) is 5.32 Å². The lowest BCUT2D eigenvalue weighted by Crippen LogP contribution is -2.54. The van der Waals surface area contributed by atoms with Crippen LogP contribution in [0.3, 0.4) is 0 Å². The molecule has 4 rings (SSSR count). The Balaban J connectivity index is 1.67. The summed E-state index contributed by atoms with van der Waals surface area (Å²) in [6, 6.07) is 8.34. The van der Waals surface area contributed by atoms with Gasteiger partial charge in [0.05, 0.1) is 11.1 Å². The average Bonchev–Trinajstić information content (AvgIpc) is 3.15. The van der Waals surface area contributed by atoms with Gasteiger partial charge in [0.25, 0.3) is 5.91 Å². The summed E-state index contributed by atoms with van der Waals surface area (Å²) < 4.78 is 80.4. The second kappa shape index (κ2) is 8.40. The highest BCUT2D eigenvalue weighted by Gasteiger charge is 2.38. The number of halogens is 6. The zero-order valence-electron chi connectivity index (χ0n) is 16.6. The molecule has 3 aromatic rings. The summed E-state index contributed by atoms with van der Waals surface area (Å²) in [7, 11) is 0. The summed E-state index contributed by atoms with van der Waals surface area (Å²) in [4.78, 5) is 14.5. The first kappa shape index (κ1) is 22.6. The van der Waals surface area contributed by atoms with Crippen molar-refractivity contribution >= 4 is 27.3 Å². The summed E-state index contributed by atoms with van der Waals surface area (Å²) >= 11 is 1.54. The summed E-state index contributed by atoms with van der Waals surface area (Å²) in [5.74, 6) is -0.840. The molecule has 1 saturated heterocycles. The van der Waals surface area contributed by atoms with Crippen molar-refractivity contribution in [1.29, 1.82) is 0 Å².